The fraction of sp³-hybridized carbons (Fsp3) is 0.600. The highest BCUT2D eigenvalue weighted by atomic mass is 79.9. The molecule has 0 N–H and O–H groups in total. The number of halogens is 1. The van der Waals surface area contributed by atoms with Gasteiger partial charge in [0.1, 0.15) is 0 Å². The van der Waals surface area contributed by atoms with Gasteiger partial charge in [0.15, 0.2) is 0 Å². The van der Waals surface area contributed by atoms with Crippen LogP contribution in [0.25, 0.3) is 0 Å². The van der Waals surface area contributed by atoms with Crippen molar-refractivity contribution in [1.82, 2.24) is 0 Å². The van der Waals surface area contributed by atoms with E-state index in [1.165, 1.54) is 24.0 Å². The molecule has 0 amide bonds. The van der Waals surface area contributed by atoms with Crippen molar-refractivity contribution in [2.24, 2.45) is 0 Å². The molecule has 0 aromatic carbocycles. The molecule has 0 saturated heterocycles. The minimum atomic E-state index is 0.980. The van der Waals surface area contributed by atoms with Crippen LogP contribution in [0.5, 0.6) is 0 Å². The van der Waals surface area contributed by atoms with Crippen LogP contribution >= 0.6 is 15.9 Å². The van der Waals surface area contributed by atoms with Gasteiger partial charge in [-0.15, -0.1) is 0 Å². The minimum Gasteiger partial charge on any atom is -0.0883 e. The summed E-state index contributed by atoms with van der Waals surface area (Å²) in [7, 11) is 0. The third kappa shape index (κ3) is 7.86. The molecule has 11 heavy (non-hydrogen) atoms. The molecule has 0 unspecified atom stereocenters. The van der Waals surface area contributed by atoms with Gasteiger partial charge in [0.25, 0.3) is 0 Å². The molecule has 0 spiro atoms. The minimum absolute atomic E-state index is 0.980. The zero-order valence-electron chi connectivity index (χ0n) is 7.65. The van der Waals surface area contributed by atoms with Crippen molar-refractivity contribution in [2.45, 2.75) is 33.6 Å². The van der Waals surface area contributed by atoms with E-state index in [9.17, 15) is 0 Å². The Morgan fingerprint density at radius 2 is 2.00 bits per heavy atom. The third-order valence-electron chi connectivity index (χ3n) is 1.52. The highest BCUT2D eigenvalue weighted by molar-refractivity contribution is 9.09. The second kappa shape index (κ2) is 6.66. The number of hydrogen-bond acceptors (Lipinski definition) is 0. The van der Waals surface area contributed by atoms with Crippen LogP contribution in [-0.2, 0) is 0 Å². The lowest BCUT2D eigenvalue weighted by Gasteiger charge is -1.96. The molecule has 0 nitrogen and oxygen atoms in total. The lowest BCUT2D eigenvalue weighted by molar-refractivity contribution is 0.964. The van der Waals surface area contributed by atoms with Crippen molar-refractivity contribution in [3.63, 3.8) is 0 Å². The number of rotatable bonds is 4. The topological polar surface area (TPSA) is 0 Å². The summed E-state index contributed by atoms with van der Waals surface area (Å²) in [5, 5.41) is 0.980. The van der Waals surface area contributed by atoms with E-state index in [1.807, 2.05) is 0 Å². The molecule has 0 aliphatic heterocycles. The first-order valence-corrected chi connectivity index (χ1v) is 5.14. The molecular formula is C10H17Br. The number of alkyl halides is 1. The first-order valence-electron chi connectivity index (χ1n) is 4.01. The van der Waals surface area contributed by atoms with Gasteiger partial charge in [-0.2, -0.15) is 0 Å². The zero-order chi connectivity index (χ0) is 8.69. The van der Waals surface area contributed by atoms with Crippen molar-refractivity contribution in [1.29, 1.82) is 0 Å². The van der Waals surface area contributed by atoms with Crippen molar-refractivity contribution < 1.29 is 0 Å². The van der Waals surface area contributed by atoms with Crippen LogP contribution in [0.4, 0.5) is 0 Å². The predicted octanol–water partition coefficient (Wildman–Crippen LogP) is 4.07. The van der Waals surface area contributed by atoms with Crippen molar-refractivity contribution in [3.05, 3.63) is 23.3 Å². The van der Waals surface area contributed by atoms with Crippen LogP contribution in [0.1, 0.15) is 33.6 Å². The van der Waals surface area contributed by atoms with Gasteiger partial charge in [0.05, 0.1) is 0 Å². The summed E-state index contributed by atoms with van der Waals surface area (Å²) in [5.74, 6) is 0. The summed E-state index contributed by atoms with van der Waals surface area (Å²) < 4.78 is 0. The van der Waals surface area contributed by atoms with Gasteiger partial charge in [-0.3, -0.25) is 0 Å². The Balaban J connectivity index is 3.54. The number of hydrogen-bond donors (Lipinski definition) is 0. The number of allylic oxidation sites excluding steroid dienone is 4. The third-order valence-corrected chi connectivity index (χ3v) is 1.84. The van der Waals surface area contributed by atoms with E-state index < -0.39 is 0 Å². The maximum atomic E-state index is 3.38. The van der Waals surface area contributed by atoms with Gasteiger partial charge in [0.2, 0.25) is 0 Å². The molecule has 0 atom stereocenters. The summed E-state index contributed by atoms with van der Waals surface area (Å²) in [5.41, 5.74) is 2.89. The molecule has 0 aliphatic rings. The Morgan fingerprint density at radius 3 is 2.45 bits per heavy atom. The van der Waals surface area contributed by atoms with E-state index >= 15 is 0 Å². The first kappa shape index (κ1) is 11.0. The highest BCUT2D eigenvalue weighted by Crippen LogP contribution is 2.06. The van der Waals surface area contributed by atoms with Gasteiger partial charge in [-0.25, -0.2) is 0 Å². The van der Waals surface area contributed by atoms with Crippen LogP contribution in [-0.4, -0.2) is 5.33 Å². The summed E-state index contributed by atoms with van der Waals surface area (Å²) >= 11 is 3.38. The molecule has 0 radical (unpaired) electrons. The van der Waals surface area contributed by atoms with Crippen molar-refractivity contribution >= 4 is 15.9 Å². The second-order valence-electron chi connectivity index (χ2n) is 3.02. The van der Waals surface area contributed by atoms with Gasteiger partial charge < -0.3 is 0 Å². The summed E-state index contributed by atoms with van der Waals surface area (Å²) in [4.78, 5) is 0. The van der Waals surface area contributed by atoms with E-state index in [0.29, 0.717) is 0 Å². The van der Waals surface area contributed by atoms with Gasteiger partial charge in [-0.05, 0) is 33.6 Å². The quantitative estimate of drug-likeness (QED) is 0.493. The molecule has 0 bridgehead atoms. The average Bonchev–Trinajstić information content (AvgIpc) is 1.87. The molecule has 0 heterocycles. The van der Waals surface area contributed by atoms with Crippen LogP contribution < -0.4 is 0 Å². The molecule has 0 aromatic heterocycles. The molecule has 0 aromatic rings. The van der Waals surface area contributed by atoms with Crippen LogP contribution in [0.3, 0.4) is 0 Å². The lowest BCUT2D eigenvalue weighted by Crippen LogP contribution is -1.77. The SMILES string of the molecule is CC(C)=CCC/C(C)=C/[14CH2]Br. The largest absolute Gasteiger partial charge is 0.0883 e. The maximum absolute atomic E-state index is 3.38. The Morgan fingerprint density at radius 1 is 1.36 bits per heavy atom. The lowest BCUT2D eigenvalue weighted by atomic mass is 10.1. The molecule has 0 rings (SSSR count). The summed E-state index contributed by atoms with van der Waals surface area (Å²) in [6.45, 7) is 6.47. The monoisotopic (exact) mass is 218 g/mol. The smallest absolute Gasteiger partial charge is 0.0214 e. The standard InChI is InChI=1S/C10H17Br/c1-9(2)5-4-6-10(3)7-8-11/h5,7H,4,6,8H2,1-3H3/b10-7+/i8+2. The molecule has 64 valence electrons. The van der Waals surface area contributed by atoms with E-state index in [2.05, 4.69) is 48.9 Å². The van der Waals surface area contributed by atoms with Gasteiger partial charge in [0, 0.05) is 5.33 Å². The van der Waals surface area contributed by atoms with Crippen LogP contribution in [0.2, 0.25) is 0 Å². The maximum Gasteiger partial charge on any atom is 0.0214 e. The highest BCUT2D eigenvalue weighted by Gasteiger charge is 1.86. The fourth-order valence-corrected chi connectivity index (χ4v) is 1.37. The molecular weight excluding hydrogens is 202 g/mol. The first-order chi connectivity index (χ1) is 5.16. The van der Waals surface area contributed by atoms with E-state index in [1.54, 1.807) is 0 Å². The summed E-state index contributed by atoms with van der Waals surface area (Å²) in [6.07, 6.45) is 6.87. The Kier molecular flexibility index (Phi) is 6.63. The summed E-state index contributed by atoms with van der Waals surface area (Å²) in [6, 6.07) is 0. The normalized spacial score (nSPS) is 11.5. The fourth-order valence-electron chi connectivity index (χ4n) is 0.822. The van der Waals surface area contributed by atoms with Crippen LogP contribution in [0, 0.1) is 0 Å². The van der Waals surface area contributed by atoms with E-state index in [0.717, 1.165) is 5.33 Å². The Hall–Kier alpha value is -0.0400. The Labute approximate surface area is 78.5 Å². The molecule has 0 saturated carbocycles. The van der Waals surface area contributed by atoms with Crippen molar-refractivity contribution in [2.75, 3.05) is 5.33 Å². The molecule has 0 fully saturated rings. The predicted molar refractivity (Wildman–Crippen MR) is 56.2 cm³/mol. The van der Waals surface area contributed by atoms with Gasteiger partial charge in [-0.1, -0.05) is 39.2 Å². The molecule has 1 heteroatoms. The average molecular weight is 219 g/mol. The van der Waals surface area contributed by atoms with E-state index in [-0.39, 0.29) is 0 Å². The second-order valence-corrected chi connectivity index (χ2v) is 3.67. The molecule has 0 aliphatic carbocycles. The van der Waals surface area contributed by atoms with E-state index in [4.69, 9.17) is 0 Å². The Bertz CT molecular complexity index is 150. The van der Waals surface area contributed by atoms with Gasteiger partial charge >= 0.3 is 0 Å². The van der Waals surface area contributed by atoms with Crippen molar-refractivity contribution in [3.8, 4) is 0 Å². The van der Waals surface area contributed by atoms with Crippen LogP contribution in [0.15, 0.2) is 23.3 Å². The zero-order valence-corrected chi connectivity index (χ0v) is 9.24.